The molecule has 19 heavy (non-hydrogen) atoms. The summed E-state index contributed by atoms with van der Waals surface area (Å²) in [6, 6.07) is 11.6. The SMILES string of the molecule is CCc1cc(Br)ccc1-c1ccc(CNC(C)C)s1. The second-order valence-electron chi connectivity index (χ2n) is 4.96. The fourth-order valence-corrected chi connectivity index (χ4v) is 3.45. The molecule has 3 heteroatoms. The zero-order valence-electron chi connectivity index (χ0n) is 11.7. The number of thiophene rings is 1. The van der Waals surface area contributed by atoms with Crippen LogP contribution in [0.5, 0.6) is 0 Å². The number of halogens is 1. The van der Waals surface area contributed by atoms with E-state index in [0.717, 1.165) is 17.4 Å². The third kappa shape index (κ3) is 3.91. The van der Waals surface area contributed by atoms with Gasteiger partial charge in [0.2, 0.25) is 0 Å². The van der Waals surface area contributed by atoms with Gasteiger partial charge in [-0.05, 0) is 41.8 Å². The molecule has 2 rings (SSSR count). The number of nitrogens with one attached hydrogen (secondary N) is 1. The quantitative estimate of drug-likeness (QED) is 0.786. The summed E-state index contributed by atoms with van der Waals surface area (Å²) in [5.41, 5.74) is 2.77. The maximum atomic E-state index is 3.55. The number of hydrogen-bond donors (Lipinski definition) is 1. The molecule has 102 valence electrons. The molecule has 0 unspecified atom stereocenters. The first-order valence-corrected chi connectivity index (χ1v) is 8.32. The number of benzene rings is 1. The van der Waals surface area contributed by atoms with Crippen LogP contribution in [0.2, 0.25) is 0 Å². The van der Waals surface area contributed by atoms with Crippen molar-refractivity contribution < 1.29 is 0 Å². The molecule has 1 aromatic carbocycles. The Kier molecular flexibility index (Phi) is 5.20. The van der Waals surface area contributed by atoms with E-state index in [0.29, 0.717) is 6.04 Å². The molecule has 0 aliphatic rings. The smallest absolute Gasteiger partial charge is 0.0348 e. The van der Waals surface area contributed by atoms with Gasteiger partial charge in [-0.15, -0.1) is 11.3 Å². The molecule has 1 aromatic heterocycles. The standard InChI is InChI=1S/C16H20BrNS/c1-4-12-9-13(17)5-7-15(12)16-8-6-14(19-16)10-18-11(2)3/h5-9,11,18H,4,10H2,1-3H3. The van der Waals surface area contributed by atoms with Crippen LogP contribution in [0.15, 0.2) is 34.8 Å². The van der Waals surface area contributed by atoms with Gasteiger partial charge in [0.25, 0.3) is 0 Å². The molecule has 0 saturated carbocycles. The fourth-order valence-electron chi connectivity index (χ4n) is 2.02. The van der Waals surface area contributed by atoms with E-state index in [-0.39, 0.29) is 0 Å². The van der Waals surface area contributed by atoms with Crippen molar-refractivity contribution in [1.82, 2.24) is 5.32 Å². The van der Waals surface area contributed by atoms with E-state index in [1.165, 1.54) is 20.9 Å². The van der Waals surface area contributed by atoms with Gasteiger partial charge in [0, 0.05) is 26.8 Å². The van der Waals surface area contributed by atoms with Crippen molar-refractivity contribution in [3.05, 3.63) is 45.2 Å². The van der Waals surface area contributed by atoms with Gasteiger partial charge >= 0.3 is 0 Å². The summed E-state index contributed by atoms with van der Waals surface area (Å²) in [6.45, 7) is 7.53. The van der Waals surface area contributed by atoms with Gasteiger partial charge in [-0.1, -0.05) is 42.8 Å². The van der Waals surface area contributed by atoms with Crippen LogP contribution in [0.1, 0.15) is 31.2 Å². The predicted octanol–water partition coefficient (Wildman–Crippen LogP) is 5.24. The molecule has 1 N–H and O–H groups in total. The molecule has 0 aliphatic heterocycles. The molecule has 1 heterocycles. The normalized spacial score (nSPS) is 11.2. The van der Waals surface area contributed by atoms with Crippen molar-refractivity contribution in [2.75, 3.05) is 0 Å². The Morgan fingerprint density at radius 3 is 2.68 bits per heavy atom. The molecule has 0 aliphatic carbocycles. The lowest BCUT2D eigenvalue weighted by molar-refractivity contribution is 0.593. The third-order valence-electron chi connectivity index (χ3n) is 3.06. The average molecular weight is 338 g/mol. The zero-order chi connectivity index (χ0) is 13.8. The summed E-state index contributed by atoms with van der Waals surface area (Å²) in [7, 11) is 0. The van der Waals surface area contributed by atoms with Crippen molar-refractivity contribution >= 4 is 27.3 Å². The first kappa shape index (κ1) is 14.8. The molecular weight excluding hydrogens is 318 g/mol. The number of hydrogen-bond acceptors (Lipinski definition) is 2. The highest BCUT2D eigenvalue weighted by Gasteiger charge is 2.08. The fraction of sp³-hybridized carbons (Fsp3) is 0.375. The van der Waals surface area contributed by atoms with E-state index in [9.17, 15) is 0 Å². The van der Waals surface area contributed by atoms with Crippen LogP contribution in [0, 0.1) is 0 Å². The lowest BCUT2D eigenvalue weighted by Crippen LogP contribution is -2.21. The van der Waals surface area contributed by atoms with Crippen molar-refractivity contribution in [3.8, 4) is 10.4 Å². The third-order valence-corrected chi connectivity index (χ3v) is 4.67. The highest BCUT2D eigenvalue weighted by molar-refractivity contribution is 9.10. The second kappa shape index (κ2) is 6.69. The van der Waals surface area contributed by atoms with Gasteiger partial charge in [-0.2, -0.15) is 0 Å². The molecule has 1 nitrogen and oxygen atoms in total. The molecule has 0 amide bonds. The summed E-state index contributed by atoms with van der Waals surface area (Å²) in [4.78, 5) is 2.76. The Balaban J connectivity index is 2.22. The van der Waals surface area contributed by atoms with Crippen LogP contribution in [0.25, 0.3) is 10.4 Å². The molecule has 0 spiro atoms. The monoisotopic (exact) mass is 337 g/mol. The van der Waals surface area contributed by atoms with Crippen LogP contribution >= 0.6 is 27.3 Å². The maximum absolute atomic E-state index is 3.55. The first-order chi connectivity index (χ1) is 9.10. The summed E-state index contributed by atoms with van der Waals surface area (Å²) < 4.78 is 1.16. The largest absolute Gasteiger partial charge is 0.310 e. The lowest BCUT2D eigenvalue weighted by Gasteiger charge is -2.07. The highest BCUT2D eigenvalue weighted by Crippen LogP contribution is 2.32. The number of aryl methyl sites for hydroxylation is 1. The van der Waals surface area contributed by atoms with Gasteiger partial charge in [-0.25, -0.2) is 0 Å². The van der Waals surface area contributed by atoms with Crippen LogP contribution in [-0.4, -0.2) is 6.04 Å². The van der Waals surface area contributed by atoms with Crippen molar-refractivity contribution in [2.24, 2.45) is 0 Å². The van der Waals surface area contributed by atoms with Gasteiger partial charge in [0.15, 0.2) is 0 Å². The molecule has 0 radical (unpaired) electrons. The minimum atomic E-state index is 0.532. The Labute approximate surface area is 128 Å². The van der Waals surface area contributed by atoms with Gasteiger partial charge in [-0.3, -0.25) is 0 Å². The lowest BCUT2D eigenvalue weighted by atomic mass is 10.0. The predicted molar refractivity (Wildman–Crippen MR) is 88.8 cm³/mol. The minimum Gasteiger partial charge on any atom is -0.310 e. The van der Waals surface area contributed by atoms with Crippen molar-refractivity contribution in [1.29, 1.82) is 0 Å². The van der Waals surface area contributed by atoms with E-state index >= 15 is 0 Å². The van der Waals surface area contributed by atoms with Crippen LogP contribution in [0.4, 0.5) is 0 Å². The Hall–Kier alpha value is -0.640. The molecule has 0 fully saturated rings. The molecular formula is C16H20BrNS. The summed E-state index contributed by atoms with van der Waals surface area (Å²) in [5.74, 6) is 0. The number of rotatable bonds is 5. The molecule has 2 aromatic rings. The Bertz CT molecular complexity index is 545. The van der Waals surface area contributed by atoms with E-state index in [2.05, 4.69) is 72.3 Å². The van der Waals surface area contributed by atoms with Gasteiger partial charge in [0.1, 0.15) is 0 Å². The van der Waals surface area contributed by atoms with Crippen molar-refractivity contribution in [2.45, 2.75) is 39.8 Å². The summed E-state index contributed by atoms with van der Waals surface area (Å²) in [5, 5.41) is 3.47. The molecule has 0 atom stereocenters. The van der Waals surface area contributed by atoms with Gasteiger partial charge < -0.3 is 5.32 Å². The van der Waals surface area contributed by atoms with Crippen LogP contribution in [0.3, 0.4) is 0 Å². The summed E-state index contributed by atoms with van der Waals surface area (Å²) in [6.07, 6.45) is 1.06. The Morgan fingerprint density at radius 2 is 2.00 bits per heavy atom. The zero-order valence-corrected chi connectivity index (χ0v) is 14.1. The van der Waals surface area contributed by atoms with E-state index in [4.69, 9.17) is 0 Å². The van der Waals surface area contributed by atoms with E-state index in [1.54, 1.807) is 0 Å². The molecule has 0 bridgehead atoms. The topological polar surface area (TPSA) is 12.0 Å². The summed E-state index contributed by atoms with van der Waals surface area (Å²) >= 11 is 5.43. The van der Waals surface area contributed by atoms with Crippen molar-refractivity contribution in [3.63, 3.8) is 0 Å². The highest BCUT2D eigenvalue weighted by atomic mass is 79.9. The average Bonchev–Trinajstić information content (AvgIpc) is 2.84. The molecule has 0 saturated heterocycles. The Morgan fingerprint density at radius 1 is 1.21 bits per heavy atom. The van der Waals surface area contributed by atoms with E-state index < -0.39 is 0 Å². The van der Waals surface area contributed by atoms with E-state index in [1.807, 2.05) is 11.3 Å². The first-order valence-electron chi connectivity index (χ1n) is 6.71. The minimum absolute atomic E-state index is 0.532. The second-order valence-corrected chi connectivity index (χ2v) is 7.04. The van der Waals surface area contributed by atoms with Crippen LogP contribution < -0.4 is 5.32 Å². The van der Waals surface area contributed by atoms with Crippen LogP contribution in [-0.2, 0) is 13.0 Å². The van der Waals surface area contributed by atoms with Gasteiger partial charge in [0.05, 0.1) is 0 Å². The maximum Gasteiger partial charge on any atom is 0.0348 e.